The zero-order chi connectivity index (χ0) is 26.3. The van der Waals surface area contributed by atoms with Gasteiger partial charge < -0.3 is 4.74 Å². The Bertz CT molecular complexity index is 1350. The maximum Gasteiger partial charge on any atom is 0.256 e. The van der Waals surface area contributed by atoms with Gasteiger partial charge in [-0.2, -0.15) is 10.2 Å². The molecule has 2 aliphatic heterocycles. The average molecular weight is 535 g/mol. The van der Waals surface area contributed by atoms with E-state index >= 15 is 0 Å². The lowest BCUT2D eigenvalue weighted by atomic mass is 9.72. The lowest BCUT2D eigenvalue weighted by Crippen LogP contribution is -2.40. The zero-order valence-electron chi connectivity index (χ0n) is 20.4. The van der Waals surface area contributed by atoms with Crippen LogP contribution < -0.4 is 14.8 Å². The maximum atomic E-state index is 14.0. The van der Waals surface area contributed by atoms with Gasteiger partial charge in [-0.05, 0) is 50.2 Å². The standard InChI is InChI=1S/C28H24Cl2N4O3/c1-16-23(27(35)33(31-16)19-10-6-4-7-11-19)25(21-14-18(29)15-22(30)26(21)37-3)24-17(2)32-34(28(24)36)20-12-8-5-9-13-20/h4-15,23-25H,1-3H3. The van der Waals surface area contributed by atoms with E-state index < -0.39 is 17.8 Å². The molecule has 0 bridgehead atoms. The Hall–Kier alpha value is -3.68. The highest BCUT2D eigenvalue weighted by atomic mass is 35.5. The summed E-state index contributed by atoms with van der Waals surface area (Å²) in [6.07, 6.45) is 0. The van der Waals surface area contributed by atoms with E-state index in [2.05, 4.69) is 10.2 Å². The largest absolute Gasteiger partial charge is 0.495 e. The lowest BCUT2D eigenvalue weighted by molar-refractivity contribution is -0.122. The van der Waals surface area contributed by atoms with Crippen LogP contribution in [0.3, 0.4) is 0 Å². The van der Waals surface area contributed by atoms with Crippen molar-refractivity contribution in [3.63, 3.8) is 0 Å². The lowest BCUT2D eigenvalue weighted by Gasteiger charge is -2.30. The summed E-state index contributed by atoms with van der Waals surface area (Å²) in [5, 5.41) is 12.6. The molecule has 2 aliphatic rings. The van der Waals surface area contributed by atoms with Crippen LogP contribution in [0, 0.1) is 11.8 Å². The third-order valence-corrected chi connectivity index (χ3v) is 7.18. The second-order valence-corrected chi connectivity index (χ2v) is 9.79. The number of hydrazone groups is 2. The van der Waals surface area contributed by atoms with Crippen LogP contribution in [0.25, 0.3) is 0 Å². The van der Waals surface area contributed by atoms with E-state index in [9.17, 15) is 9.59 Å². The van der Waals surface area contributed by atoms with Gasteiger partial charge in [0.2, 0.25) is 0 Å². The molecule has 5 rings (SSSR count). The monoisotopic (exact) mass is 534 g/mol. The number of hydrogen-bond donors (Lipinski definition) is 0. The molecule has 0 fully saturated rings. The van der Waals surface area contributed by atoms with Crippen LogP contribution in [-0.4, -0.2) is 30.3 Å². The van der Waals surface area contributed by atoms with Crippen LogP contribution in [0.1, 0.15) is 25.3 Å². The molecule has 3 aromatic rings. The Balaban J connectivity index is 1.66. The number of ether oxygens (including phenoxy) is 1. The second kappa shape index (κ2) is 10.00. The molecule has 0 N–H and O–H groups in total. The van der Waals surface area contributed by atoms with Gasteiger partial charge in [-0.15, -0.1) is 0 Å². The minimum Gasteiger partial charge on any atom is -0.495 e. The van der Waals surface area contributed by atoms with Gasteiger partial charge in [-0.3, -0.25) is 9.59 Å². The van der Waals surface area contributed by atoms with Crippen molar-refractivity contribution in [2.45, 2.75) is 19.8 Å². The molecule has 37 heavy (non-hydrogen) atoms. The molecule has 0 aliphatic carbocycles. The van der Waals surface area contributed by atoms with E-state index in [1.165, 1.54) is 17.1 Å². The van der Waals surface area contributed by atoms with Gasteiger partial charge >= 0.3 is 0 Å². The summed E-state index contributed by atoms with van der Waals surface area (Å²) in [4.78, 5) is 27.9. The molecule has 0 radical (unpaired) electrons. The van der Waals surface area contributed by atoms with Crippen molar-refractivity contribution in [1.82, 2.24) is 0 Å². The molecular weight excluding hydrogens is 511 g/mol. The zero-order valence-corrected chi connectivity index (χ0v) is 21.9. The van der Waals surface area contributed by atoms with Gasteiger partial charge in [-0.1, -0.05) is 59.6 Å². The number of para-hydroxylation sites is 2. The van der Waals surface area contributed by atoms with Crippen molar-refractivity contribution < 1.29 is 14.3 Å². The van der Waals surface area contributed by atoms with E-state index in [4.69, 9.17) is 27.9 Å². The predicted octanol–water partition coefficient (Wildman–Crippen LogP) is 6.16. The molecule has 0 spiro atoms. The van der Waals surface area contributed by atoms with Gasteiger partial charge in [0.25, 0.3) is 11.8 Å². The van der Waals surface area contributed by atoms with Gasteiger partial charge in [0.1, 0.15) is 5.75 Å². The highest BCUT2D eigenvalue weighted by Gasteiger charge is 2.51. The number of anilines is 2. The van der Waals surface area contributed by atoms with Crippen molar-refractivity contribution in [2.75, 3.05) is 17.1 Å². The predicted molar refractivity (Wildman–Crippen MR) is 147 cm³/mol. The summed E-state index contributed by atoms with van der Waals surface area (Å²) >= 11 is 13.0. The quantitative estimate of drug-likeness (QED) is 0.379. The average Bonchev–Trinajstić information content (AvgIpc) is 3.35. The van der Waals surface area contributed by atoms with Crippen LogP contribution in [0.4, 0.5) is 11.4 Å². The van der Waals surface area contributed by atoms with Crippen LogP contribution in [0.5, 0.6) is 5.75 Å². The Morgan fingerprint density at radius 2 is 1.24 bits per heavy atom. The molecule has 2 atom stereocenters. The Morgan fingerprint density at radius 1 is 0.784 bits per heavy atom. The first kappa shape index (κ1) is 25.0. The van der Waals surface area contributed by atoms with Gasteiger partial charge in [-0.25, -0.2) is 10.0 Å². The number of amides is 2. The van der Waals surface area contributed by atoms with Gasteiger partial charge in [0.05, 0.1) is 35.3 Å². The van der Waals surface area contributed by atoms with E-state index in [0.29, 0.717) is 39.1 Å². The highest BCUT2D eigenvalue weighted by Crippen LogP contribution is 2.47. The number of hydrogen-bond acceptors (Lipinski definition) is 5. The third kappa shape index (κ3) is 4.38. The number of benzene rings is 3. The SMILES string of the molecule is COc1c(Cl)cc(Cl)cc1C(C1C(=O)N(c2ccccc2)N=C1C)C1C(=O)N(c2ccccc2)N=C1C. The Morgan fingerprint density at radius 3 is 1.68 bits per heavy atom. The van der Waals surface area contributed by atoms with Crippen molar-refractivity contribution in [1.29, 1.82) is 0 Å². The highest BCUT2D eigenvalue weighted by molar-refractivity contribution is 6.36. The molecule has 0 saturated heterocycles. The summed E-state index contributed by atoms with van der Waals surface area (Å²) < 4.78 is 5.68. The molecule has 2 amide bonds. The summed E-state index contributed by atoms with van der Waals surface area (Å²) in [5.74, 6) is -2.44. The number of rotatable bonds is 6. The normalized spacial score (nSPS) is 20.2. The van der Waals surface area contributed by atoms with E-state index in [0.717, 1.165) is 0 Å². The fraction of sp³-hybridized carbons (Fsp3) is 0.214. The molecule has 2 unspecified atom stereocenters. The number of halogens is 2. The number of carbonyl (C=O) groups excluding carboxylic acids is 2. The smallest absolute Gasteiger partial charge is 0.256 e. The van der Waals surface area contributed by atoms with E-state index in [1.807, 2.05) is 60.7 Å². The Labute approximate surface area is 224 Å². The van der Waals surface area contributed by atoms with Crippen molar-refractivity contribution in [3.05, 3.63) is 88.4 Å². The topological polar surface area (TPSA) is 74.6 Å². The Kier molecular flexibility index (Phi) is 6.75. The molecule has 188 valence electrons. The van der Waals surface area contributed by atoms with E-state index in [-0.39, 0.29) is 16.8 Å². The second-order valence-electron chi connectivity index (χ2n) is 8.95. The van der Waals surface area contributed by atoms with Crippen LogP contribution in [-0.2, 0) is 9.59 Å². The van der Waals surface area contributed by atoms with Crippen LogP contribution in [0.15, 0.2) is 83.0 Å². The molecule has 0 saturated carbocycles. The molecular formula is C28H24Cl2N4O3. The molecule has 2 heterocycles. The van der Waals surface area contributed by atoms with E-state index in [1.54, 1.807) is 26.0 Å². The number of carbonyl (C=O) groups is 2. The summed E-state index contributed by atoms with van der Waals surface area (Å²) in [6, 6.07) is 21.6. The van der Waals surface area contributed by atoms with Crippen molar-refractivity contribution in [2.24, 2.45) is 22.0 Å². The number of nitrogens with zero attached hydrogens (tertiary/aromatic N) is 4. The van der Waals surface area contributed by atoms with Crippen molar-refractivity contribution in [3.8, 4) is 5.75 Å². The maximum absolute atomic E-state index is 14.0. The van der Waals surface area contributed by atoms with Crippen molar-refractivity contribution >= 4 is 57.8 Å². The molecule has 9 heteroatoms. The first-order chi connectivity index (χ1) is 17.8. The van der Waals surface area contributed by atoms with Gasteiger partial charge in [0.15, 0.2) is 0 Å². The fourth-order valence-corrected chi connectivity index (χ4v) is 5.68. The number of methoxy groups -OCH3 is 1. The third-order valence-electron chi connectivity index (χ3n) is 6.69. The molecule has 3 aromatic carbocycles. The van der Waals surface area contributed by atoms with Crippen LogP contribution in [0.2, 0.25) is 10.0 Å². The summed E-state index contributed by atoms with van der Waals surface area (Å²) in [5.41, 5.74) is 2.95. The van der Waals surface area contributed by atoms with Gasteiger partial charge in [0, 0.05) is 27.9 Å². The van der Waals surface area contributed by atoms with Crippen LogP contribution >= 0.6 is 23.2 Å². The first-order valence-corrected chi connectivity index (χ1v) is 12.5. The fourth-order valence-electron chi connectivity index (χ4n) is 5.09. The first-order valence-electron chi connectivity index (χ1n) is 11.7. The minimum absolute atomic E-state index is 0.259. The minimum atomic E-state index is -0.779. The summed E-state index contributed by atoms with van der Waals surface area (Å²) in [6.45, 7) is 3.58. The molecule has 7 nitrogen and oxygen atoms in total. The molecule has 0 aromatic heterocycles. The summed E-state index contributed by atoms with van der Waals surface area (Å²) in [7, 11) is 1.50.